The number of benzene rings is 2. The van der Waals surface area contributed by atoms with E-state index in [1.165, 1.54) is 28.2 Å². The van der Waals surface area contributed by atoms with Crippen LogP contribution in [-0.4, -0.2) is 9.13 Å². The van der Waals surface area contributed by atoms with Crippen molar-refractivity contribution >= 4 is 21.8 Å². The molecule has 27 heavy (non-hydrogen) atoms. The highest BCUT2D eigenvalue weighted by Crippen LogP contribution is 2.80. The number of rotatable bonds is 0. The Morgan fingerprint density at radius 1 is 0.630 bits per heavy atom. The third-order valence-electron chi connectivity index (χ3n) is 8.85. The first-order chi connectivity index (χ1) is 13.3. The summed E-state index contributed by atoms with van der Waals surface area (Å²) in [6.07, 6.45) is 1.44. The largest absolute Gasteiger partial charge is 0.347 e. The first-order valence-corrected chi connectivity index (χ1v) is 10.4. The summed E-state index contributed by atoms with van der Waals surface area (Å²) in [5, 5.41) is 3.06. The smallest absolute Gasteiger partial charge is 0.0482 e. The predicted molar refractivity (Wildman–Crippen MR) is 108 cm³/mol. The molecule has 132 valence electrons. The Kier molecular flexibility index (Phi) is 2.03. The van der Waals surface area contributed by atoms with Gasteiger partial charge < -0.3 is 9.13 Å². The summed E-state index contributed by atoms with van der Waals surface area (Å²) in [5.74, 6) is 4.68. The molecule has 0 amide bonds. The standard InChI is InChI=1S/C25H22N2/c1-26-16-9-5-3-7-12(16)20-18-14-11-15-19(18)21-13-8-4-6-10-17(13)27(2)25(21)23(15)22(14)24(20)26/h3-10,14-15,18-19,22-23H,11H2,1-2H3. The molecule has 0 radical (unpaired) electrons. The van der Waals surface area contributed by atoms with E-state index in [2.05, 4.69) is 71.8 Å². The second-order valence-electron chi connectivity index (χ2n) is 9.42. The fourth-order valence-electron chi connectivity index (χ4n) is 8.34. The van der Waals surface area contributed by atoms with Crippen LogP contribution < -0.4 is 0 Å². The Morgan fingerprint density at radius 2 is 1.07 bits per heavy atom. The van der Waals surface area contributed by atoms with Crippen LogP contribution in [0.2, 0.25) is 0 Å². The summed E-state index contributed by atoms with van der Waals surface area (Å²) < 4.78 is 5.10. The Balaban J connectivity index is 1.51. The van der Waals surface area contributed by atoms with Crippen LogP contribution in [0.15, 0.2) is 48.5 Å². The highest BCUT2D eigenvalue weighted by Gasteiger charge is 2.69. The fraction of sp³-hybridized carbons (Fsp3) is 0.360. The van der Waals surface area contributed by atoms with Crippen molar-refractivity contribution in [1.29, 1.82) is 0 Å². The fourth-order valence-corrected chi connectivity index (χ4v) is 8.34. The number of aromatic nitrogens is 2. The van der Waals surface area contributed by atoms with Gasteiger partial charge in [-0.3, -0.25) is 0 Å². The second-order valence-corrected chi connectivity index (χ2v) is 9.42. The summed E-state index contributed by atoms with van der Waals surface area (Å²) in [5.41, 5.74) is 9.66. The molecule has 2 fully saturated rings. The van der Waals surface area contributed by atoms with Crippen molar-refractivity contribution in [2.75, 3.05) is 0 Å². The van der Waals surface area contributed by atoms with Gasteiger partial charge in [0.05, 0.1) is 0 Å². The van der Waals surface area contributed by atoms with Gasteiger partial charge in [0.15, 0.2) is 0 Å². The van der Waals surface area contributed by atoms with E-state index in [4.69, 9.17) is 0 Å². The molecular formula is C25H22N2. The third kappa shape index (κ3) is 1.19. The van der Waals surface area contributed by atoms with Crippen molar-refractivity contribution in [2.24, 2.45) is 25.9 Å². The number of fused-ring (bicyclic) bond motifs is 12. The zero-order valence-electron chi connectivity index (χ0n) is 15.7. The van der Waals surface area contributed by atoms with Crippen molar-refractivity contribution in [3.05, 3.63) is 71.0 Å². The molecule has 2 nitrogen and oxygen atoms in total. The molecule has 0 saturated heterocycles. The minimum absolute atomic E-state index is 0.730. The normalized spacial score (nSPS) is 34.1. The first-order valence-electron chi connectivity index (χ1n) is 10.4. The van der Waals surface area contributed by atoms with Gasteiger partial charge in [0.25, 0.3) is 0 Å². The Labute approximate surface area is 158 Å². The van der Waals surface area contributed by atoms with Gasteiger partial charge in [-0.05, 0) is 53.4 Å². The first kappa shape index (κ1) is 13.7. The number of para-hydroxylation sites is 2. The molecule has 6 atom stereocenters. The molecule has 6 unspecified atom stereocenters. The lowest BCUT2D eigenvalue weighted by molar-refractivity contribution is 0.345. The average molecular weight is 350 g/mol. The summed E-state index contributed by atoms with van der Waals surface area (Å²) in [6.45, 7) is 0. The van der Waals surface area contributed by atoms with Crippen molar-refractivity contribution in [3.63, 3.8) is 0 Å². The highest BCUT2D eigenvalue weighted by molar-refractivity contribution is 5.91. The van der Waals surface area contributed by atoms with E-state index >= 15 is 0 Å². The van der Waals surface area contributed by atoms with Crippen LogP contribution in [0.25, 0.3) is 21.8 Å². The molecule has 2 heteroatoms. The van der Waals surface area contributed by atoms with Crippen LogP contribution in [0, 0.1) is 11.8 Å². The zero-order valence-corrected chi connectivity index (χ0v) is 15.7. The Bertz CT molecular complexity index is 1220. The van der Waals surface area contributed by atoms with E-state index in [9.17, 15) is 0 Å². The topological polar surface area (TPSA) is 9.86 Å². The summed E-state index contributed by atoms with van der Waals surface area (Å²) >= 11 is 0. The van der Waals surface area contributed by atoms with Gasteiger partial charge in [0.1, 0.15) is 0 Å². The maximum absolute atomic E-state index is 2.55. The molecule has 0 N–H and O–H groups in total. The van der Waals surface area contributed by atoms with E-state index in [0.717, 1.165) is 35.5 Å². The van der Waals surface area contributed by atoms with Crippen LogP contribution in [0.1, 0.15) is 52.6 Å². The summed E-state index contributed by atoms with van der Waals surface area (Å²) in [7, 11) is 4.63. The lowest BCUT2D eigenvalue weighted by atomic mass is 9.75. The molecule has 2 aromatic heterocycles. The molecule has 2 bridgehead atoms. The van der Waals surface area contributed by atoms with E-state index in [1.54, 1.807) is 22.5 Å². The SMILES string of the molecule is Cn1c2c(c3ccccc31)C1C3CC4C1c1c(n(C)c5ccccc15)C4C23. The molecule has 0 aliphatic heterocycles. The van der Waals surface area contributed by atoms with Crippen LogP contribution in [0.5, 0.6) is 0 Å². The molecule has 4 aliphatic rings. The minimum Gasteiger partial charge on any atom is -0.347 e. The second kappa shape index (κ2) is 4.01. The quantitative estimate of drug-likeness (QED) is 0.403. The Hall–Kier alpha value is -2.48. The zero-order chi connectivity index (χ0) is 17.6. The molecule has 2 heterocycles. The number of aryl methyl sites for hydroxylation is 2. The van der Waals surface area contributed by atoms with Crippen LogP contribution in [-0.2, 0) is 14.1 Å². The van der Waals surface area contributed by atoms with Crippen LogP contribution in [0.4, 0.5) is 0 Å². The maximum atomic E-state index is 2.55. The molecule has 8 rings (SSSR count). The van der Waals surface area contributed by atoms with Gasteiger partial charge in [-0.2, -0.15) is 0 Å². The number of hydrogen-bond donors (Lipinski definition) is 0. The lowest BCUT2D eigenvalue weighted by Gasteiger charge is -2.29. The number of hydrogen-bond acceptors (Lipinski definition) is 0. The van der Waals surface area contributed by atoms with Crippen LogP contribution in [0.3, 0.4) is 0 Å². The van der Waals surface area contributed by atoms with Gasteiger partial charge in [-0.1, -0.05) is 36.4 Å². The predicted octanol–water partition coefficient (Wildman–Crippen LogP) is 5.38. The Morgan fingerprint density at radius 3 is 1.56 bits per heavy atom. The molecule has 0 spiro atoms. The molecular weight excluding hydrogens is 328 g/mol. The average Bonchev–Trinajstić information content (AvgIpc) is 3.43. The van der Waals surface area contributed by atoms with Gasteiger partial charge in [-0.15, -0.1) is 0 Å². The van der Waals surface area contributed by atoms with Crippen LogP contribution >= 0.6 is 0 Å². The van der Waals surface area contributed by atoms with E-state index in [1.807, 2.05) is 0 Å². The molecule has 2 saturated carbocycles. The van der Waals surface area contributed by atoms with Crippen molar-refractivity contribution < 1.29 is 0 Å². The minimum atomic E-state index is 0.730. The van der Waals surface area contributed by atoms with Gasteiger partial charge in [-0.25, -0.2) is 0 Å². The summed E-state index contributed by atoms with van der Waals surface area (Å²) in [4.78, 5) is 0. The highest BCUT2D eigenvalue weighted by atomic mass is 15.0. The van der Waals surface area contributed by atoms with E-state index in [-0.39, 0.29) is 0 Å². The monoisotopic (exact) mass is 350 g/mol. The lowest BCUT2D eigenvalue weighted by Crippen LogP contribution is -2.20. The van der Waals surface area contributed by atoms with E-state index < -0.39 is 0 Å². The third-order valence-corrected chi connectivity index (χ3v) is 8.85. The number of nitrogens with zero attached hydrogens (tertiary/aromatic N) is 2. The van der Waals surface area contributed by atoms with Crippen molar-refractivity contribution in [1.82, 2.24) is 9.13 Å². The summed E-state index contributed by atoms with van der Waals surface area (Å²) in [6, 6.07) is 18.3. The van der Waals surface area contributed by atoms with Crippen molar-refractivity contribution in [3.8, 4) is 0 Å². The molecule has 2 aromatic carbocycles. The van der Waals surface area contributed by atoms with Gasteiger partial charge in [0, 0.05) is 59.1 Å². The molecule has 4 aromatic rings. The van der Waals surface area contributed by atoms with Gasteiger partial charge >= 0.3 is 0 Å². The van der Waals surface area contributed by atoms with Crippen molar-refractivity contribution in [2.45, 2.75) is 30.1 Å². The maximum Gasteiger partial charge on any atom is 0.0482 e. The molecule has 4 aliphatic carbocycles. The van der Waals surface area contributed by atoms with E-state index in [0.29, 0.717) is 0 Å². The van der Waals surface area contributed by atoms with Gasteiger partial charge in [0.2, 0.25) is 0 Å².